The number of amides is 3. The molecule has 2 aliphatic rings. The molecule has 1 aromatic heterocycles. The molecule has 0 N–H and O–H groups in total. The van der Waals surface area contributed by atoms with Crippen LogP contribution in [0.5, 0.6) is 5.75 Å². The molecule has 2 saturated heterocycles. The van der Waals surface area contributed by atoms with Crippen LogP contribution >= 0.6 is 0 Å². The number of piperidine rings is 1. The molecule has 0 atom stereocenters. The molecule has 0 aliphatic carbocycles. The number of rotatable bonds is 7. The van der Waals surface area contributed by atoms with Gasteiger partial charge in [0.05, 0.1) is 19.2 Å². The van der Waals surface area contributed by atoms with E-state index in [1.165, 1.54) is 15.8 Å². The Hall–Kier alpha value is -3.45. The van der Waals surface area contributed by atoms with Crippen molar-refractivity contribution in [3.05, 3.63) is 71.9 Å². The smallest absolute Gasteiger partial charge is 0.327 e. The molecule has 3 aromatic rings. The highest BCUT2D eigenvalue weighted by Gasteiger charge is 2.57. The van der Waals surface area contributed by atoms with Gasteiger partial charge in [-0.25, -0.2) is 4.79 Å². The second-order valence-corrected chi connectivity index (χ2v) is 10.3. The fraction of sp³-hybridized carbons (Fsp3) is 0.414. The van der Waals surface area contributed by atoms with Gasteiger partial charge in [0.2, 0.25) is 0 Å². The van der Waals surface area contributed by atoms with Gasteiger partial charge in [-0.1, -0.05) is 44.2 Å². The van der Waals surface area contributed by atoms with Gasteiger partial charge < -0.3 is 9.64 Å². The zero-order valence-electron chi connectivity index (χ0n) is 21.3. The maximum absolute atomic E-state index is 13.9. The number of nitrogens with zero attached hydrogens (tertiary/aromatic N) is 4. The van der Waals surface area contributed by atoms with E-state index in [1.54, 1.807) is 7.11 Å². The molecule has 36 heavy (non-hydrogen) atoms. The predicted octanol–water partition coefficient (Wildman–Crippen LogP) is 4.70. The lowest BCUT2D eigenvalue weighted by Gasteiger charge is -2.42. The number of hydrogen-bond donors (Lipinski definition) is 0. The Labute approximate surface area is 212 Å². The molecule has 188 valence electrons. The van der Waals surface area contributed by atoms with Crippen LogP contribution in [0.25, 0.3) is 10.9 Å². The van der Waals surface area contributed by atoms with E-state index in [4.69, 9.17) is 4.74 Å². The molecule has 7 nitrogen and oxygen atoms in total. The van der Waals surface area contributed by atoms with Gasteiger partial charge in [-0.2, -0.15) is 0 Å². The third kappa shape index (κ3) is 4.44. The van der Waals surface area contributed by atoms with Crippen molar-refractivity contribution in [3.8, 4) is 5.75 Å². The van der Waals surface area contributed by atoms with Gasteiger partial charge in [-0.05, 0) is 54.2 Å². The third-order valence-corrected chi connectivity index (χ3v) is 7.48. The van der Waals surface area contributed by atoms with Crippen LogP contribution in [-0.2, 0) is 17.9 Å². The van der Waals surface area contributed by atoms with Gasteiger partial charge in [0.1, 0.15) is 11.3 Å². The second-order valence-electron chi connectivity index (χ2n) is 10.3. The van der Waals surface area contributed by atoms with Crippen LogP contribution < -0.4 is 4.74 Å². The topological polar surface area (TPSA) is 66.0 Å². The van der Waals surface area contributed by atoms with Crippen LogP contribution in [-0.4, -0.2) is 63.9 Å². The summed E-state index contributed by atoms with van der Waals surface area (Å²) in [5.41, 5.74) is 2.40. The third-order valence-electron chi connectivity index (χ3n) is 7.48. The molecule has 0 unspecified atom stereocenters. The van der Waals surface area contributed by atoms with Crippen molar-refractivity contribution in [2.75, 3.05) is 26.7 Å². The number of pyridine rings is 1. The Morgan fingerprint density at radius 1 is 0.972 bits per heavy atom. The van der Waals surface area contributed by atoms with E-state index < -0.39 is 5.54 Å². The van der Waals surface area contributed by atoms with E-state index in [2.05, 4.69) is 41.9 Å². The Morgan fingerprint density at radius 2 is 1.72 bits per heavy atom. The number of methoxy groups -OCH3 is 1. The molecule has 0 radical (unpaired) electrons. The maximum atomic E-state index is 13.9. The number of fused-ring (bicyclic) bond motifs is 1. The monoisotopic (exact) mass is 486 g/mol. The maximum Gasteiger partial charge on any atom is 0.327 e. The number of hydrogen-bond acceptors (Lipinski definition) is 5. The largest absolute Gasteiger partial charge is 0.497 e. The molecule has 5 rings (SSSR count). The molecule has 0 saturated carbocycles. The highest BCUT2D eigenvalue weighted by Crippen LogP contribution is 2.39. The summed E-state index contributed by atoms with van der Waals surface area (Å²) in [6.07, 6.45) is 3.11. The fourth-order valence-corrected chi connectivity index (χ4v) is 5.56. The molecule has 7 heteroatoms. The summed E-state index contributed by atoms with van der Waals surface area (Å²) in [5, 5.41) is 1.17. The summed E-state index contributed by atoms with van der Waals surface area (Å²) in [6.45, 7) is 7.40. The SMILES string of the molecule is COc1ccc(CN2C(=O)N(CC(C)C)C3(CCN(Cc4cccc5ncccc45)CC3)C2=O)cc1. The average molecular weight is 487 g/mol. The first-order valence-corrected chi connectivity index (χ1v) is 12.7. The van der Waals surface area contributed by atoms with E-state index in [0.29, 0.717) is 19.4 Å². The summed E-state index contributed by atoms with van der Waals surface area (Å²) in [7, 11) is 1.62. The Balaban J connectivity index is 1.34. The van der Waals surface area contributed by atoms with Crippen LogP contribution in [0.3, 0.4) is 0 Å². The first-order valence-electron chi connectivity index (χ1n) is 12.7. The number of urea groups is 1. The minimum atomic E-state index is -0.759. The first-order chi connectivity index (χ1) is 17.4. The molecule has 2 aromatic carbocycles. The van der Waals surface area contributed by atoms with Crippen molar-refractivity contribution in [3.63, 3.8) is 0 Å². The quantitative estimate of drug-likeness (QED) is 0.453. The van der Waals surface area contributed by atoms with Crippen molar-refractivity contribution in [2.45, 2.75) is 45.3 Å². The zero-order chi connectivity index (χ0) is 25.3. The van der Waals surface area contributed by atoms with E-state index in [-0.39, 0.29) is 24.4 Å². The van der Waals surface area contributed by atoms with Crippen LogP contribution in [0.2, 0.25) is 0 Å². The van der Waals surface area contributed by atoms with Crippen molar-refractivity contribution < 1.29 is 14.3 Å². The Morgan fingerprint density at radius 3 is 2.42 bits per heavy atom. The van der Waals surface area contributed by atoms with Gasteiger partial charge in [-0.15, -0.1) is 0 Å². The number of benzene rings is 2. The summed E-state index contributed by atoms with van der Waals surface area (Å²) in [4.78, 5) is 37.6. The number of aromatic nitrogens is 1. The molecular formula is C29H34N4O3. The summed E-state index contributed by atoms with van der Waals surface area (Å²) in [6, 6.07) is 17.7. The lowest BCUT2D eigenvalue weighted by Crippen LogP contribution is -2.57. The second kappa shape index (κ2) is 9.90. The molecule has 2 aliphatic heterocycles. The van der Waals surface area contributed by atoms with E-state index in [1.807, 2.05) is 47.5 Å². The first kappa shape index (κ1) is 24.3. The van der Waals surface area contributed by atoms with Crippen molar-refractivity contribution in [1.29, 1.82) is 0 Å². The van der Waals surface area contributed by atoms with Gasteiger partial charge >= 0.3 is 6.03 Å². The molecule has 1 spiro atoms. The Bertz CT molecular complexity index is 1240. The van der Waals surface area contributed by atoms with Gasteiger partial charge in [0, 0.05) is 37.8 Å². The zero-order valence-corrected chi connectivity index (χ0v) is 21.3. The molecule has 0 bridgehead atoms. The Kier molecular flexibility index (Phi) is 6.67. The highest BCUT2D eigenvalue weighted by atomic mass is 16.5. The normalized spacial score (nSPS) is 18.1. The van der Waals surface area contributed by atoms with E-state index in [0.717, 1.165) is 36.5 Å². The molecule has 2 fully saturated rings. The fourth-order valence-electron chi connectivity index (χ4n) is 5.56. The van der Waals surface area contributed by atoms with Gasteiger partial charge in [-0.3, -0.25) is 19.6 Å². The lowest BCUT2D eigenvalue weighted by atomic mass is 9.85. The minimum absolute atomic E-state index is 0.0574. The van der Waals surface area contributed by atoms with Crippen molar-refractivity contribution >= 4 is 22.8 Å². The summed E-state index contributed by atoms with van der Waals surface area (Å²) in [5.74, 6) is 0.976. The van der Waals surface area contributed by atoms with Crippen LogP contribution in [0.1, 0.15) is 37.8 Å². The summed E-state index contributed by atoms with van der Waals surface area (Å²) >= 11 is 0. The van der Waals surface area contributed by atoms with Crippen LogP contribution in [0.4, 0.5) is 4.79 Å². The summed E-state index contributed by atoms with van der Waals surface area (Å²) < 4.78 is 5.24. The molecular weight excluding hydrogens is 452 g/mol. The number of ether oxygens (including phenoxy) is 1. The molecule has 3 heterocycles. The van der Waals surface area contributed by atoms with Crippen molar-refractivity contribution in [2.24, 2.45) is 5.92 Å². The number of carbonyl (C=O) groups is 2. The molecule has 3 amide bonds. The number of likely N-dealkylation sites (tertiary alicyclic amines) is 1. The van der Waals surface area contributed by atoms with Gasteiger partial charge in [0.15, 0.2) is 0 Å². The van der Waals surface area contributed by atoms with Gasteiger partial charge in [0.25, 0.3) is 5.91 Å². The standard InChI is InChI=1S/C29H34N4O3/c1-21(2)18-33-28(35)32(19-22-9-11-24(36-3)12-10-22)27(34)29(33)13-16-31(17-14-29)20-23-6-4-8-26-25(23)7-5-15-30-26/h4-12,15,21H,13-14,16-20H2,1-3H3. The minimum Gasteiger partial charge on any atom is -0.497 e. The van der Waals surface area contributed by atoms with E-state index in [9.17, 15) is 9.59 Å². The highest BCUT2D eigenvalue weighted by molar-refractivity contribution is 6.07. The predicted molar refractivity (Wildman–Crippen MR) is 139 cm³/mol. The lowest BCUT2D eigenvalue weighted by molar-refractivity contribution is -0.136. The van der Waals surface area contributed by atoms with Crippen molar-refractivity contribution in [1.82, 2.24) is 19.7 Å². The number of carbonyl (C=O) groups excluding carboxylic acids is 2. The van der Waals surface area contributed by atoms with Crippen LogP contribution in [0, 0.1) is 5.92 Å². The number of imide groups is 1. The average Bonchev–Trinajstić information content (AvgIpc) is 3.07. The van der Waals surface area contributed by atoms with E-state index >= 15 is 0 Å². The van der Waals surface area contributed by atoms with Crippen LogP contribution in [0.15, 0.2) is 60.8 Å².